The van der Waals surface area contributed by atoms with Crippen LogP contribution in [0.2, 0.25) is 0 Å². The summed E-state index contributed by atoms with van der Waals surface area (Å²) >= 11 is 1.43. The molecule has 1 amide bonds. The van der Waals surface area contributed by atoms with Crippen molar-refractivity contribution in [1.82, 2.24) is 19.9 Å². The molecule has 3 aromatic heterocycles. The molecular weight excluding hydrogens is 374 g/mol. The summed E-state index contributed by atoms with van der Waals surface area (Å²) in [6.45, 7) is 7.73. The van der Waals surface area contributed by atoms with Crippen molar-refractivity contribution in [2.75, 3.05) is 18.4 Å². The van der Waals surface area contributed by atoms with Crippen molar-refractivity contribution in [3.63, 3.8) is 0 Å². The first-order valence-electron chi connectivity index (χ1n) is 9.35. The van der Waals surface area contributed by atoms with Gasteiger partial charge in [0, 0.05) is 19.3 Å². The molecule has 0 saturated carbocycles. The van der Waals surface area contributed by atoms with Crippen LogP contribution in [0.5, 0.6) is 0 Å². The van der Waals surface area contributed by atoms with Gasteiger partial charge in [-0.05, 0) is 38.5 Å². The van der Waals surface area contributed by atoms with Gasteiger partial charge in [0.25, 0.3) is 5.91 Å². The molecule has 3 aromatic rings. The Kier molecular flexibility index (Phi) is 5.23. The first kappa shape index (κ1) is 18.8. The number of pyridine rings is 1. The normalized spacial score (nSPS) is 19.8. The second-order valence-electron chi connectivity index (χ2n) is 7.10. The Balaban J connectivity index is 1.62. The van der Waals surface area contributed by atoms with Gasteiger partial charge in [0.2, 0.25) is 0 Å². The largest absolute Gasteiger partial charge is 0.372 e. The smallest absolute Gasteiger partial charge is 0.264 e. The first-order valence-corrected chi connectivity index (χ1v) is 10.2. The molecule has 0 radical (unpaired) electrons. The maximum atomic E-state index is 13.2. The molecule has 0 bridgehead atoms. The molecule has 1 aliphatic rings. The number of anilines is 1. The maximum Gasteiger partial charge on any atom is 0.264 e. The van der Waals surface area contributed by atoms with Crippen LogP contribution >= 0.6 is 11.3 Å². The lowest BCUT2D eigenvalue weighted by Crippen LogP contribution is -2.48. The highest BCUT2D eigenvalue weighted by Gasteiger charge is 2.29. The third-order valence-electron chi connectivity index (χ3n) is 4.79. The topological polar surface area (TPSA) is 80.2 Å². The molecule has 0 aliphatic carbocycles. The Hall–Kier alpha value is -2.58. The molecule has 7 nitrogen and oxygen atoms in total. The Bertz CT molecular complexity index is 981. The van der Waals surface area contributed by atoms with Crippen LogP contribution in [-0.4, -0.2) is 51.1 Å². The van der Waals surface area contributed by atoms with Gasteiger partial charge in [0.1, 0.15) is 17.0 Å². The van der Waals surface area contributed by atoms with E-state index in [1.807, 2.05) is 43.9 Å². The molecule has 0 aromatic carbocycles. The lowest BCUT2D eigenvalue weighted by atomic mass is 10.1. The number of nitrogens with one attached hydrogen (secondary N) is 1. The zero-order valence-electron chi connectivity index (χ0n) is 16.2. The molecule has 8 heteroatoms. The molecular formula is C20H23N5O2S. The number of nitrogens with zero attached hydrogens (tertiary/aromatic N) is 4. The average molecular weight is 398 g/mol. The van der Waals surface area contributed by atoms with Crippen LogP contribution < -0.4 is 5.32 Å². The highest BCUT2D eigenvalue weighted by Crippen LogP contribution is 2.34. The fraction of sp³-hybridized carbons (Fsp3) is 0.400. The van der Waals surface area contributed by atoms with E-state index in [-0.39, 0.29) is 18.1 Å². The summed E-state index contributed by atoms with van der Waals surface area (Å²) in [7, 11) is 0. The minimum atomic E-state index is 0.0396. The number of hydrogen-bond donors (Lipinski definition) is 1. The summed E-state index contributed by atoms with van der Waals surface area (Å²) in [6, 6.07) is 5.80. The number of rotatable bonds is 4. The van der Waals surface area contributed by atoms with Gasteiger partial charge in [-0.25, -0.2) is 9.97 Å². The third-order valence-corrected chi connectivity index (χ3v) is 5.98. The maximum absolute atomic E-state index is 13.2. The molecule has 146 valence electrons. The zero-order valence-corrected chi connectivity index (χ0v) is 17.0. The molecule has 4 rings (SSSR count). The summed E-state index contributed by atoms with van der Waals surface area (Å²) < 4.78 is 5.76. The Morgan fingerprint density at radius 1 is 1.25 bits per heavy atom. The molecule has 28 heavy (non-hydrogen) atoms. The van der Waals surface area contributed by atoms with Crippen LogP contribution in [0.25, 0.3) is 10.2 Å². The van der Waals surface area contributed by atoms with E-state index in [2.05, 4.69) is 20.3 Å². The Morgan fingerprint density at radius 3 is 2.75 bits per heavy atom. The number of ether oxygens (including phenoxy) is 1. The number of fused-ring (bicyclic) bond motifs is 1. The summed E-state index contributed by atoms with van der Waals surface area (Å²) in [5, 5.41) is 4.24. The van der Waals surface area contributed by atoms with Crippen LogP contribution in [0.4, 0.5) is 5.82 Å². The van der Waals surface area contributed by atoms with Crippen molar-refractivity contribution in [3.8, 4) is 0 Å². The van der Waals surface area contributed by atoms with E-state index in [1.165, 1.54) is 17.7 Å². The van der Waals surface area contributed by atoms with E-state index in [0.717, 1.165) is 32.2 Å². The number of aryl methyl sites for hydroxylation is 1. The van der Waals surface area contributed by atoms with Crippen LogP contribution in [-0.2, 0) is 11.3 Å². The van der Waals surface area contributed by atoms with E-state index in [1.54, 1.807) is 6.20 Å². The van der Waals surface area contributed by atoms with Gasteiger partial charge in [0.15, 0.2) is 0 Å². The highest BCUT2D eigenvalue weighted by molar-refractivity contribution is 7.20. The second-order valence-corrected chi connectivity index (χ2v) is 8.10. The number of carbonyl (C=O) groups excluding carboxylic acids is 1. The van der Waals surface area contributed by atoms with Gasteiger partial charge in [-0.1, -0.05) is 6.07 Å². The number of morpholine rings is 1. The van der Waals surface area contributed by atoms with Crippen molar-refractivity contribution in [1.29, 1.82) is 0 Å². The predicted molar refractivity (Wildman–Crippen MR) is 110 cm³/mol. The number of hydrogen-bond acceptors (Lipinski definition) is 7. The average Bonchev–Trinajstić information content (AvgIpc) is 3.03. The van der Waals surface area contributed by atoms with Gasteiger partial charge in [-0.15, -0.1) is 11.3 Å². The molecule has 2 atom stereocenters. The third kappa shape index (κ3) is 3.70. The van der Waals surface area contributed by atoms with E-state index in [0.29, 0.717) is 19.6 Å². The van der Waals surface area contributed by atoms with Crippen molar-refractivity contribution in [2.24, 2.45) is 0 Å². The first-order chi connectivity index (χ1) is 13.5. The van der Waals surface area contributed by atoms with Gasteiger partial charge in [-0.2, -0.15) is 0 Å². The molecule has 1 fully saturated rings. The summed E-state index contributed by atoms with van der Waals surface area (Å²) in [6.07, 6.45) is 3.38. The number of carbonyl (C=O) groups is 1. The van der Waals surface area contributed by atoms with E-state index < -0.39 is 0 Å². The van der Waals surface area contributed by atoms with Crippen molar-refractivity contribution < 1.29 is 9.53 Å². The van der Waals surface area contributed by atoms with E-state index in [9.17, 15) is 4.79 Å². The molecule has 0 spiro atoms. The number of amides is 1. The van der Waals surface area contributed by atoms with Crippen molar-refractivity contribution in [3.05, 3.63) is 46.9 Å². The Labute approximate surface area is 167 Å². The van der Waals surface area contributed by atoms with Crippen LogP contribution in [0.1, 0.15) is 34.8 Å². The van der Waals surface area contributed by atoms with Crippen LogP contribution in [0.15, 0.2) is 30.7 Å². The predicted octanol–water partition coefficient (Wildman–Crippen LogP) is 3.26. The van der Waals surface area contributed by atoms with E-state index >= 15 is 0 Å². The van der Waals surface area contributed by atoms with Gasteiger partial charge in [-0.3, -0.25) is 9.78 Å². The van der Waals surface area contributed by atoms with Gasteiger partial charge < -0.3 is 15.0 Å². The SMILES string of the molecule is Cc1c(C(=O)N2C[C@@H](C)O[C@@H](C)C2)sc2ncnc(NCc3ccccn3)c12. The standard InChI is InChI=1S/C20H23N5O2S/c1-12-9-25(10-13(2)27-12)20(26)17-14(3)16-18(23-11-24-19(16)28-17)22-8-15-6-4-5-7-21-15/h4-7,11-13H,8-10H2,1-3H3,(H,22,23,24)/t12-,13+. The van der Waals surface area contributed by atoms with Gasteiger partial charge in [0.05, 0.1) is 34.7 Å². The Morgan fingerprint density at radius 2 is 2.04 bits per heavy atom. The monoisotopic (exact) mass is 397 g/mol. The fourth-order valence-corrected chi connectivity index (χ4v) is 4.69. The molecule has 1 saturated heterocycles. The summed E-state index contributed by atoms with van der Waals surface area (Å²) in [5.41, 5.74) is 1.84. The fourth-order valence-electron chi connectivity index (χ4n) is 3.57. The van der Waals surface area contributed by atoms with Crippen LogP contribution in [0, 0.1) is 6.92 Å². The lowest BCUT2D eigenvalue weighted by Gasteiger charge is -2.35. The second kappa shape index (κ2) is 7.81. The molecule has 1 N–H and O–H groups in total. The molecule has 1 aliphatic heterocycles. The van der Waals surface area contributed by atoms with Crippen molar-refractivity contribution >= 4 is 33.3 Å². The number of thiophene rings is 1. The summed E-state index contributed by atoms with van der Waals surface area (Å²) in [5.74, 6) is 0.769. The quantitative estimate of drug-likeness (QED) is 0.728. The molecule has 0 unspecified atom stereocenters. The zero-order chi connectivity index (χ0) is 19.7. The van der Waals surface area contributed by atoms with E-state index in [4.69, 9.17) is 4.74 Å². The minimum Gasteiger partial charge on any atom is -0.372 e. The lowest BCUT2D eigenvalue weighted by molar-refractivity contribution is -0.0585. The minimum absolute atomic E-state index is 0.0396. The summed E-state index contributed by atoms with van der Waals surface area (Å²) in [4.78, 5) is 29.7. The molecule has 4 heterocycles. The van der Waals surface area contributed by atoms with Crippen molar-refractivity contribution in [2.45, 2.75) is 39.5 Å². The van der Waals surface area contributed by atoms with Gasteiger partial charge >= 0.3 is 0 Å². The number of aromatic nitrogens is 3. The van der Waals surface area contributed by atoms with Crippen LogP contribution in [0.3, 0.4) is 0 Å². The highest BCUT2D eigenvalue weighted by atomic mass is 32.1.